The Kier molecular flexibility index (Phi) is 6.03. The van der Waals surface area contributed by atoms with E-state index < -0.39 is 0 Å². The first-order chi connectivity index (χ1) is 8.21. The lowest BCUT2D eigenvalue weighted by Crippen LogP contribution is -2.24. The summed E-state index contributed by atoms with van der Waals surface area (Å²) >= 11 is 3.53. The highest BCUT2D eigenvalue weighted by Crippen LogP contribution is 2.23. The molecule has 92 valence electrons. The molecule has 0 heterocycles. The molecule has 0 saturated heterocycles. The highest BCUT2D eigenvalue weighted by atomic mass is 79.9. The zero-order chi connectivity index (χ0) is 12.7. The summed E-state index contributed by atoms with van der Waals surface area (Å²) in [4.78, 5) is 2.12. The van der Waals surface area contributed by atoms with Crippen LogP contribution in [-0.2, 0) is 6.54 Å². The Morgan fingerprint density at radius 2 is 2.24 bits per heavy atom. The molecule has 0 radical (unpaired) electrons. The van der Waals surface area contributed by atoms with Crippen LogP contribution in [0.5, 0.6) is 5.75 Å². The van der Waals surface area contributed by atoms with Gasteiger partial charge in [0.15, 0.2) is 0 Å². The summed E-state index contributed by atoms with van der Waals surface area (Å²) < 4.78 is 6.26. The van der Waals surface area contributed by atoms with Crippen molar-refractivity contribution in [2.75, 3.05) is 20.2 Å². The Labute approximate surface area is 111 Å². The number of benzene rings is 1. The van der Waals surface area contributed by atoms with Gasteiger partial charge in [-0.05, 0) is 36.7 Å². The van der Waals surface area contributed by atoms with Crippen LogP contribution in [0.15, 0.2) is 22.7 Å². The van der Waals surface area contributed by atoms with Crippen molar-refractivity contribution in [1.29, 1.82) is 5.26 Å². The van der Waals surface area contributed by atoms with E-state index in [9.17, 15) is 0 Å². The SMILES string of the molecule is CCCN(CC#N)Cc1cc(OC)ccc1Br. The average Bonchev–Trinajstić information content (AvgIpc) is 2.32. The van der Waals surface area contributed by atoms with Gasteiger partial charge < -0.3 is 4.74 Å². The number of ether oxygens (including phenoxy) is 1. The van der Waals surface area contributed by atoms with Crippen molar-refractivity contribution in [2.45, 2.75) is 19.9 Å². The van der Waals surface area contributed by atoms with Gasteiger partial charge in [0.25, 0.3) is 0 Å². The van der Waals surface area contributed by atoms with E-state index in [1.165, 1.54) is 0 Å². The Balaban J connectivity index is 2.80. The minimum absolute atomic E-state index is 0.456. The maximum absolute atomic E-state index is 8.78. The van der Waals surface area contributed by atoms with Gasteiger partial charge in [-0.2, -0.15) is 5.26 Å². The van der Waals surface area contributed by atoms with Crippen LogP contribution >= 0.6 is 15.9 Å². The number of rotatable bonds is 6. The van der Waals surface area contributed by atoms with E-state index in [1.54, 1.807) is 7.11 Å². The van der Waals surface area contributed by atoms with E-state index >= 15 is 0 Å². The Morgan fingerprint density at radius 3 is 2.82 bits per heavy atom. The molecule has 0 fully saturated rings. The fourth-order valence-electron chi connectivity index (χ4n) is 1.67. The molecule has 1 aromatic rings. The third-order valence-corrected chi connectivity index (χ3v) is 3.25. The van der Waals surface area contributed by atoms with Crippen molar-refractivity contribution in [1.82, 2.24) is 4.90 Å². The van der Waals surface area contributed by atoms with Crippen LogP contribution in [0.25, 0.3) is 0 Å². The van der Waals surface area contributed by atoms with Crippen LogP contribution < -0.4 is 4.74 Å². The van der Waals surface area contributed by atoms with Gasteiger partial charge in [-0.25, -0.2) is 0 Å². The van der Waals surface area contributed by atoms with Crippen molar-refractivity contribution < 1.29 is 4.74 Å². The fraction of sp³-hybridized carbons (Fsp3) is 0.462. The van der Waals surface area contributed by atoms with E-state index in [4.69, 9.17) is 10.00 Å². The van der Waals surface area contributed by atoms with Crippen molar-refractivity contribution in [2.24, 2.45) is 0 Å². The molecule has 17 heavy (non-hydrogen) atoms. The molecule has 0 spiro atoms. The molecule has 4 heteroatoms. The zero-order valence-corrected chi connectivity index (χ0v) is 11.8. The van der Waals surface area contributed by atoms with Gasteiger partial charge >= 0.3 is 0 Å². The highest BCUT2D eigenvalue weighted by Gasteiger charge is 2.08. The van der Waals surface area contributed by atoms with E-state index in [0.717, 1.165) is 35.3 Å². The van der Waals surface area contributed by atoms with E-state index in [0.29, 0.717) is 6.54 Å². The summed E-state index contributed by atoms with van der Waals surface area (Å²) in [5, 5.41) is 8.78. The summed E-state index contributed by atoms with van der Waals surface area (Å²) in [6.45, 7) is 4.26. The lowest BCUT2D eigenvalue weighted by Gasteiger charge is -2.19. The molecule has 0 saturated carbocycles. The number of nitriles is 1. The monoisotopic (exact) mass is 296 g/mol. The lowest BCUT2D eigenvalue weighted by atomic mass is 10.2. The van der Waals surface area contributed by atoms with Gasteiger partial charge in [0, 0.05) is 11.0 Å². The molecule has 0 aliphatic rings. The normalized spacial score (nSPS) is 10.3. The number of hydrogen-bond acceptors (Lipinski definition) is 3. The number of halogens is 1. The number of hydrogen-bond donors (Lipinski definition) is 0. The number of nitrogens with zero attached hydrogens (tertiary/aromatic N) is 2. The minimum Gasteiger partial charge on any atom is -0.497 e. The van der Waals surface area contributed by atoms with Gasteiger partial charge in [0.2, 0.25) is 0 Å². The third-order valence-electron chi connectivity index (χ3n) is 2.48. The molecule has 0 bridgehead atoms. The van der Waals surface area contributed by atoms with Crippen molar-refractivity contribution in [3.8, 4) is 11.8 Å². The summed E-state index contributed by atoms with van der Waals surface area (Å²) in [5.41, 5.74) is 1.15. The molecule has 0 aromatic heterocycles. The first-order valence-corrected chi connectivity index (χ1v) is 6.42. The first kappa shape index (κ1) is 14.0. The van der Waals surface area contributed by atoms with Crippen molar-refractivity contribution in [3.63, 3.8) is 0 Å². The largest absolute Gasteiger partial charge is 0.497 e. The second kappa shape index (κ2) is 7.31. The smallest absolute Gasteiger partial charge is 0.119 e. The molecule has 0 N–H and O–H groups in total. The molecule has 1 rings (SSSR count). The van der Waals surface area contributed by atoms with E-state index in [2.05, 4.69) is 33.8 Å². The number of methoxy groups -OCH3 is 1. The van der Waals surface area contributed by atoms with Crippen molar-refractivity contribution >= 4 is 15.9 Å². The van der Waals surface area contributed by atoms with Gasteiger partial charge in [-0.15, -0.1) is 0 Å². The predicted octanol–water partition coefficient (Wildman–Crippen LogP) is 3.19. The molecular formula is C13H17BrN2O. The maximum atomic E-state index is 8.78. The standard InChI is InChI=1S/C13H17BrN2O/c1-3-7-16(8-6-15)10-11-9-12(17-2)4-5-13(11)14/h4-5,9H,3,7-8,10H2,1-2H3. The van der Waals surface area contributed by atoms with Crippen LogP contribution in [0, 0.1) is 11.3 Å². The summed E-state index contributed by atoms with van der Waals surface area (Å²) in [7, 11) is 1.66. The van der Waals surface area contributed by atoms with E-state index in [-0.39, 0.29) is 0 Å². The highest BCUT2D eigenvalue weighted by molar-refractivity contribution is 9.10. The second-order valence-electron chi connectivity index (χ2n) is 3.83. The summed E-state index contributed by atoms with van der Waals surface area (Å²) in [6, 6.07) is 8.10. The second-order valence-corrected chi connectivity index (χ2v) is 4.68. The van der Waals surface area contributed by atoms with Crippen molar-refractivity contribution in [3.05, 3.63) is 28.2 Å². The Bertz CT molecular complexity index is 401. The zero-order valence-electron chi connectivity index (χ0n) is 10.2. The molecule has 1 aromatic carbocycles. The van der Waals surface area contributed by atoms with Crippen LogP contribution in [0.2, 0.25) is 0 Å². The van der Waals surface area contributed by atoms with Crippen LogP contribution in [0.4, 0.5) is 0 Å². The molecule has 0 amide bonds. The maximum Gasteiger partial charge on any atom is 0.119 e. The van der Waals surface area contributed by atoms with Gasteiger partial charge in [0.1, 0.15) is 5.75 Å². The average molecular weight is 297 g/mol. The molecule has 3 nitrogen and oxygen atoms in total. The molecule has 0 aliphatic carbocycles. The Morgan fingerprint density at radius 1 is 1.47 bits per heavy atom. The van der Waals surface area contributed by atoms with E-state index in [1.807, 2.05) is 18.2 Å². The van der Waals surface area contributed by atoms with Crippen LogP contribution in [0.3, 0.4) is 0 Å². The topological polar surface area (TPSA) is 36.3 Å². The Hall–Kier alpha value is -1.05. The first-order valence-electron chi connectivity index (χ1n) is 5.63. The third kappa shape index (κ3) is 4.37. The molecular weight excluding hydrogens is 280 g/mol. The minimum atomic E-state index is 0.456. The molecule has 0 aliphatic heterocycles. The lowest BCUT2D eigenvalue weighted by molar-refractivity contribution is 0.297. The van der Waals surface area contributed by atoms with Gasteiger partial charge in [-0.1, -0.05) is 22.9 Å². The fourth-order valence-corrected chi connectivity index (χ4v) is 2.04. The molecule has 0 atom stereocenters. The predicted molar refractivity (Wildman–Crippen MR) is 71.9 cm³/mol. The van der Waals surface area contributed by atoms with Gasteiger partial charge in [0.05, 0.1) is 19.7 Å². The van der Waals surface area contributed by atoms with Gasteiger partial charge in [-0.3, -0.25) is 4.90 Å². The summed E-state index contributed by atoms with van der Waals surface area (Å²) in [5.74, 6) is 0.844. The van der Waals surface area contributed by atoms with Crippen LogP contribution in [0.1, 0.15) is 18.9 Å². The quantitative estimate of drug-likeness (QED) is 0.757. The molecule has 0 unspecified atom stereocenters. The van der Waals surface area contributed by atoms with Crippen LogP contribution in [-0.4, -0.2) is 25.1 Å². The summed E-state index contributed by atoms with van der Waals surface area (Å²) in [6.07, 6.45) is 1.04.